The van der Waals surface area contributed by atoms with E-state index in [-0.39, 0.29) is 6.04 Å². The van der Waals surface area contributed by atoms with Crippen molar-refractivity contribution in [1.82, 2.24) is 10.7 Å². The van der Waals surface area contributed by atoms with Crippen molar-refractivity contribution in [2.24, 2.45) is 5.10 Å². The van der Waals surface area contributed by atoms with Crippen molar-refractivity contribution in [2.45, 2.75) is 19.9 Å². The molecule has 0 aliphatic heterocycles. The Hall–Kier alpha value is -2.41. The quantitative estimate of drug-likeness (QED) is 0.488. The summed E-state index contributed by atoms with van der Waals surface area (Å²) in [7, 11) is 0. The Bertz CT molecular complexity index is 720. The molecule has 0 saturated carbocycles. The highest BCUT2D eigenvalue weighted by Gasteiger charge is 2.13. The molecule has 0 bridgehead atoms. The maximum Gasteiger partial charge on any atom is 0.329 e. The van der Waals surface area contributed by atoms with E-state index in [1.807, 2.05) is 24.3 Å². The molecule has 7 heteroatoms. The molecular formula is C16H16BrN3O3. The van der Waals surface area contributed by atoms with Crippen LogP contribution in [-0.4, -0.2) is 24.1 Å². The summed E-state index contributed by atoms with van der Waals surface area (Å²) in [4.78, 5) is 22.8. The topological polar surface area (TPSA) is 83.7 Å². The lowest BCUT2D eigenvalue weighted by Gasteiger charge is -2.05. The molecule has 0 unspecified atom stereocenters. The molecule has 120 valence electrons. The summed E-state index contributed by atoms with van der Waals surface area (Å²) < 4.78 is 6.58. The van der Waals surface area contributed by atoms with Gasteiger partial charge in [-0.2, -0.15) is 5.10 Å². The molecule has 0 aliphatic carbocycles. The number of hydrogen-bond donors (Lipinski definition) is 2. The van der Waals surface area contributed by atoms with E-state index in [4.69, 9.17) is 4.42 Å². The van der Waals surface area contributed by atoms with Crippen molar-refractivity contribution in [3.05, 3.63) is 46.6 Å². The molecule has 0 atom stereocenters. The van der Waals surface area contributed by atoms with E-state index in [2.05, 4.69) is 31.8 Å². The molecule has 1 aromatic heterocycles. The van der Waals surface area contributed by atoms with Crippen molar-refractivity contribution in [3.63, 3.8) is 0 Å². The van der Waals surface area contributed by atoms with E-state index in [0.29, 0.717) is 11.5 Å². The number of nitrogens with zero attached hydrogens (tertiary/aromatic N) is 1. The minimum absolute atomic E-state index is 0.115. The molecule has 1 aromatic carbocycles. The molecule has 0 aliphatic rings. The van der Waals surface area contributed by atoms with Crippen molar-refractivity contribution in [2.75, 3.05) is 0 Å². The van der Waals surface area contributed by atoms with Crippen LogP contribution in [0, 0.1) is 0 Å². The molecule has 2 N–H and O–H groups in total. The van der Waals surface area contributed by atoms with Crippen molar-refractivity contribution < 1.29 is 14.0 Å². The van der Waals surface area contributed by atoms with Crippen LogP contribution in [0.1, 0.15) is 19.6 Å². The standard InChI is InChI=1S/C16H16BrN3O3/c1-10(2)19-15(21)16(22)20-18-9-13-7-8-14(23-13)11-3-5-12(17)6-4-11/h3-10H,1-2H3,(H,19,21)(H,20,22)/b18-9-. The Kier molecular flexibility index (Phi) is 5.70. The molecule has 0 spiro atoms. The molecule has 0 radical (unpaired) electrons. The molecule has 0 fully saturated rings. The summed E-state index contributed by atoms with van der Waals surface area (Å²) in [5.41, 5.74) is 3.07. The maximum atomic E-state index is 11.5. The second kappa shape index (κ2) is 7.73. The van der Waals surface area contributed by atoms with Gasteiger partial charge in [-0.05, 0) is 38.1 Å². The predicted octanol–water partition coefficient (Wildman–Crippen LogP) is 2.68. The van der Waals surface area contributed by atoms with Crippen molar-refractivity contribution in [3.8, 4) is 11.3 Å². The number of rotatable bonds is 4. The van der Waals surface area contributed by atoms with E-state index >= 15 is 0 Å². The first kappa shape index (κ1) is 17.0. The predicted molar refractivity (Wildman–Crippen MR) is 90.9 cm³/mol. The van der Waals surface area contributed by atoms with Gasteiger partial charge in [-0.25, -0.2) is 5.43 Å². The lowest BCUT2D eigenvalue weighted by Crippen LogP contribution is -2.41. The van der Waals surface area contributed by atoms with Crippen LogP contribution < -0.4 is 10.7 Å². The fourth-order valence-electron chi connectivity index (χ4n) is 1.72. The highest BCUT2D eigenvalue weighted by Crippen LogP contribution is 2.23. The first-order chi connectivity index (χ1) is 11.0. The SMILES string of the molecule is CC(C)NC(=O)C(=O)N/N=C\c1ccc(-c2ccc(Br)cc2)o1. The van der Waals surface area contributed by atoms with Gasteiger partial charge in [-0.1, -0.05) is 28.1 Å². The maximum absolute atomic E-state index is 11.5. The molecule has 2 amide bonds. The highest BCUT2D eigenvalue weighted by molar-refractivity contribution is 9.10. The minimum Gasteiger partial charge on any atom is -0.455 e. The fourth-order valence-corrected chi connectivity index (χ4v) is 1.99. The zero-order valence-corrected chi connectivity index (χ0v) is 14.3. The third-order valence-electron chi connectivity index (χ3n) is 2.74. The normalized spacial score (nSPS) is 11.0. The average molecular weight is 378 g/mol. The van der Waals surface area contributed by atoms with Gasteiger partial charge >= 0.3 is 11.8 Å². The smallest absolute Gasteiger partial charge is 0.329 e. The lowest BCUT2D eigenvalue weighted by molar-refractivity contribution is -0.139. The Labute approximate surface area is 142 Å². The zero-order chi connectivity index (χ0) is 16.8. The Morgan fingerprint density at radius 3 is 2.48 bits per heavy atom. The number of hydrazone groups is 1. The van der Waals surface area contributed by atoms with Crippen LogP contribution in [0.3, 0.4) is 0 Å². The van der Waals surface area contributed by atoms with Crippen LogP contribution in [0.25, 0.3) is 11.3 Å². The number of nitrogens with one attached hydrogen (secondary N) is 2. The van der Waals surface area contributed by atoms with E-state index < -0.39 is 11.8 Å². The Balaban J connectivity index is 1.95. The number of carbonyl (C=O) groups excluding carboxylic acids is 2. The van der Waals surface area contributed by atoms with Gasteiger partial charge in [0.25, 0.3) is 0 Å². The Morgan fingerprint density at radius 2 is 1.83 bits per heavy atom. The summed E-state index contributed by atoms with van der Waals surface area (Å²) in [5.74, 6) is -0.405. The first-order valence-corrected chi connectivity index (χ1v) is 7.74. The summed E-state index contributed by atoms with van der Waals surface area (Å²) in [6.45, 7) is 3.53. The highest BCUT2D eigenvalue weighted by atomic mass is 79.9. The van der Waals surface area contributed by atoms with Gasteiger partial charge in [0.1, 0.15) is 11.5 Å². The first-order valence-electron chi connectivity index (χ1n) is 6.95. The summed E-state index contributed by atoms with van der Waals surface area (Å²) in [5, 5.41) is 6.17. The van der Waals surface area contributed by atoms with Crippen LogP contribution in [0.4, 0.5) is 0 Å². The number of hydrogen-bond acceptors (Lipinski definition) is 4. The lowest BCUT2D eigenvalue weighted by atomic mass is 10.2. The van der Waals surface area contributed by atoms with Crippen LogP contribution >= 0.6 is 15.9 Å². The third kappa shape index (κ3) is 5.07. The average Bonchev–Trinajstić information content (AvgIpc) is 2.96. The number of halogens is 1. The fraction of sp³-hybridized carbons (Fsp3) is 0.188. The van der Waals surface area contributed by atoms with Gasteiger partial charge in [0.2, 0.25) is 0 Å². The van der Waals surface area contributed by atoms with Gasteiger partial charge in [0, 0.05) is 16.1 Å². The van der Waals surface area contributed by atoms with Crippen molar-refractivity contribution >= 4 is 34.0 Å². The second-order valence-electron chi connectivity index (χ2n) is 5.04. The van der Waals surface area contributed by atoms with Gasteiger partial charge in [-0.15, -0.1) is 0 Å². The van der Waals surface area contributed by atoms with E-state index in [9.17, 15) is 9.59 Å². The molecular weight excluding hydrogens is 362 g/mol. The van der Waals surface area contributed by atoms with Crippen LogP contribution in [-0.2, 0) is 9.59 Å². The van der Waals surface area contributed by atoms with Gasteiger partial charge < -0.3 is 9.73 Å². The van der Waals surface area contributed by atoms with Crippen LogP contribution in [0.5, 0.6) is 0 Å². The summed E-state index contributed by atoms with van der Waals surface area (Å²) in [6.07, 6.45) is 1.34. The van der Waals surface area contributed by atoms with Crippen LogP contribution in [0.2, 0.25) is 0 Å². The van der Waals surface area contributed by atoms with Gasteiger partial charge in [0.05, 0.1) is 6.21 Å². The molecule has 1 heterocycles. The van der Waals surface area contributed by atoms with Crippen molar-refractivity contribution in [1.29, 1.82) is 0 Å². The summed E-state index contributed by atoms with van der Waals surface area (Å²) >= 11 is 3.37. The van der Waals surface area contributed by atoms with Gasteiger partial charge in [0.15, 0.2) is 0 Å². The number of benzene rings is 1. The van der Waals surface area contributed by atoms with E-state index in [1.165, 1.54) is 6.21 Å². The van der Waals surface area contributed by atoms with E-state index in [0.717, 1.165) is 10.0 Å². The molecule has 0 saturated heterocycles. The molecule has 23 heavy (non-hydrogen) atoms. The number of furan rings is 1. The second-order valence-corrected chi connectivity index (χ2v) is 5.95. The molecule has 2 aromatic rings. The monoisotopic (exact) mass is 377 g/mol. The molecule has 6 nitrogen and oxygen atoms in total. The largest absolute Gasteiger partial charge is 0.455 e. The summed E-state index contributed by atoms with van der Waals surface area (Å²) in [6, 6.07) is 11.1. The molecule has 2 rings (SSSR count). The third-order valence-corrected chi connectivity index (χ3v) is 3.27. The minimum atomic E-state index is -0.824. The van der Waals surface area contributed by atoms with E-state index in [1.54, 1.807) is 26.0 Å². The number of amides is 2. The zero-order valence-electron chi connectivity index (χ0n) is 12.7. The van der Waals surface area contributed by atoms with Gasteiger partial charge in [-0.3, -0.25) is 9.59 Å². The number of carbonyl (C=O) groups is 2. The Morgan fingerprint density at radius 1 is 1.13 bits per heavy atom. The van der Waals surface area contributed by atoms with Crippen LogP contribution in [0.15, 0.2) is 50.4 Å².